The Bertz CT molecular complexity index is 425. The molecule has 7 nitrogen and oxygen atoms in total. The van der Waals surface area contributed by atoms with E-state index in [1.807, 2.05) is 5.32 Å². The molecule has 2 N–H and O–H groups in total. The van der Waals surface area contributed by atoms with Crippen LogP contribution in [0, 0.1) is 0 Å². The fraction of sp³-hybridized carbons (Fsp3) is 0.833. The third-order valence-electron chi connectivity index (χ3n) is 2.79. The number of imide groups is 1. The Morgan fingerprint density at radius 3 is 2.19 bits per heavy atom. The van der Waals surface area contributed by atoms with E-state index in [0.717, 1.165) is 25.7 Å². The van der Waals surface area contributed by atoms with Crippen LogP contribution in [0.2, 0.25) is 0 Å². The average Bonchev–Trinajstić information content (AvgIpc) is 2.71. The molecule has 1 heterocycles. The number of aliphatic hydroxyl groups excluding tert-OH is 1. The number of nitrogens with one attached hydrogen (secondary N) is 1. The van der Waals surface area contributed by atoms with Crippen LogP contribution in [0.4, 0.5) is 4.53 Å². The second kappa shape index (κ2) is 10.6. The summed E-state index contributed by atoms with van der Waals surface area (Å²) in [5.41, 5.74) is 0. The van der Waals surface area contributed by atoms with Crippen LogP contribution in [0.15, 0.2) is 0 Å². The lowest BCUT2D eigenvalue weighted by Crippen LogP contribution is -2.24. The molecule has 0 aromatic heterocycles. The van der Waals surface area contributed by atoms with Gasteiger partial charge in [-0.25, -0.2) is 0 Å². The minimum Gasteiger partial charge on any atom is -0.383 e. The van der Waals surface area contributed by atoms with Gasteiger partial charge in [0.1, 0.15) is 6.10 Å². The molecule has 1 fully saturated rings. The molecule has 0 radical (unpaired) electrons. The van der Waals surface area contributed by atoms with Crippen LogP contribution in [0.5, 0.6) is 0 Å². The van der Waals surface area contributed by atoms with Crippen molar-refractivity contribution in [2.45, 2.75) is 58.0 Å². The lowest BCUT2D eigenvalue weighted by atomic mass is 10.1. The highest BCUT2D eigenvalue weighted by molar-refractivity contribution is 7.86. The van der Waals surface area contributed by atoms with Crippen LogP contribution in [0.3, 0.4) is 0 Å². The number of hydrogen-bond donors (Lipinski definition) is 2. The number of halogens is 1. The van der Waals surface area contributed by atoms with E-state index >= 15 is 0 Å². The van der Waals surface area contributed by atoms with Gasteiger partial charge < -0.3 is 5.11 Å². The van der Waals surface area contributed by atoms with E-state index in [4.69, 9.17) is 5.11 Å². The molecule has 0 aliphatic carbocycles. The molecule has 0 aromatic carbocycles. The molecule has 1 aliphatic heterocycles. The first kappa shape index (κ1) is 19.9. The monoisotopic (exact) mass is 327 g/mol. The van der Waals surface area contributed by atoms with Gasteiger partial charge in [-0.15, -0.1) is 0 Å². The van der Waals surface area contributed by atoms with Gasteiger partial charge in [-0.2, -0.15) is 8.42 Å². The van der Waals surface area contributed by atoms with Crippen LogP contribution < -0.4 is 5.32 Å². The molecule has 124 valence electrons. The molecule has 2 amide bonds. The number of aliphatic hydroxyl groups is 1. The fourth-order valence-corrected chi connectivity index (χ4v) is 2.25. The normalized spacial score (nSPS) is 18.1. The Hall–Kier alpha value is -1.06. The minimum atomic E-state index is -3.88. The van der Waals surface area contributed by atoms with E-state index in [9.17, 15) is 22.5 Å². The molecule has 1 rings (SSSR count). The first-order chi connectivity index (χ1) is 9.82. The van der Waals surface area contributed by atoms with Gasteiger partial charge in [0.25, 0.3) is 16.0 Å². The topological polar surface area (TPSA) is 110 Å². The molecule has 0 spiro atoms. The summed E-state index contributed by atoms with van der Waals surface area (Å²) in [7, 11) is -3.88. The molecular weight excluding hydrogens is 305 g/mol. The third-order valence-corrected chi connectivity index (χ3v) is 3.77. The smallest absolute Gasteiger partial charge is 0.297 e. The van der Waals surface area contributed by atoms with Gasteiger partial charge in [-0.05, 0) is 10.9 Å². The molecular formula is C12H22FNO6S. The van der Waals surface area contributed by atoms with Gasteiger partial charge in [-0.3, -0.25) is 14.9 Å². The first-order valence-corrected chi connectivity index (χ1v) is 8.44. The standard InChI is InChI=1S/C8H17FO3S.C4H5NO3/c1-2-3-4-5-6-7-8-13(10,11)12-9;6-2-1-3(7)5-4(2)8/h2-8H2,1H3;2,6H,1H2,(H,5,7,8). The van der Waals surface area contributed by atoms with Crippen molar-refractivity contribution in [3.05, 3.63) is 0 Å². The third kappa shape index (κ3) is 10.3. The van der Waals surface area contributed by atoms with Crippen molar-refractivity contribution in [1.82, 2.24) is 5.32 Å². The Labute approximate surface area is 123 Å². The molecule has 1 aliphatic rings. The zero-order chi connectivity index (χ0) is 16.3. The second-order valence-corrected chi connectivity index (χ2v) is 6.37. The molecule has 0 bridgehead atoms. The van der Waals surface area contributed by atoms with Gasteiger partial charge in [-0.1, -0.05) is 43.4 Å². The summed E-state index contributed by atoms with van der Waals surface area (Å²) >= 11 is 0. The lowest BCUT2D eigenvalue weighted by molar-refractivity contribution is -0.127. The average molecular weight is 327 g/mol. The zero-order valence-corrected chi connectivity index (χ0v) is 12.8. The quantitative estimate of drug-likeness (QED) is 0.508. The maximum absolute atomic E-state index is 11.3. The predicted octanol–water partition coefficient (Wildman–Crippen LogP) is 0.972. The molecule has 0 aromatic rings. The number of rotatable bonds is 8. The van der Waals surface area contributed by atoms with Crippen LogP contribution in [-0.4, -0.2) is 37.2 Å². The van der Waals surface area contributed by atoms with Crippen LogP contribution in [-0.2, 0) is 24.1 Å². The van der Waals surface area contributed by atoms with Crippen molar-refractivity contribution < 1.29 is 32.0 Å². The van der Waals surface area contributed by atoms with Crippen molar-refractivity contribution in [2.75, 3.05) is 5.75 Å². The van der Waals surface area contributed by atoms with Crippen molar-refractivity contribution in [2.24, 2.45) is 0 Å². The number of carbonyl (C=O) groups is 2. The summed E-state index contributed by atoms with van der Waals surface area (Å²) < 4.78 is 35.1. The summed E-state index contributed by atoms with van der Waals surface area (Å²) in [5, 5.41) is 10.5. The van der Waals surface area contributed by atoms with Gasteiger partial charge in [0, 0.05) is 0 Å². The number of unbranched alkanes of at least 4 members (excludes halogenated alkanes) is 5. The van der Waals surface area contributed by atoms with Crippen molar-refractivity contribution in [3.8, 4) is 0 Å². The molecule has 1 atom stereocenters. The first-order valence-electron chi connectivity index (χ1n) is 6.87. The van der Waals surface area contributed by atoms with Gasteiger partial charge >= 0.3 is 0 Å². The summed E-state index contributed by atoms with van der Waals surface area (Å²) in [6, 6.07) is 0. The predicted molar refractivity (Wildman–Crippen MR) is 73.1 cm³/mol. The molecule has 0 saturated carbocycles. The molecule has 9 heteroatoms. The summed E-state index contributed by atoms with van der Waals surface area (Å²) in [6.07, 6.45) is 4.57. The second-order valence-electron chi connectivity index (χ2n) is 4.72. The van der Waals surface area contributed by atoms with E-state index in [0.29, 0.717) is 6.42 Å². The van der Waals surface area contributed by atoms with E-state index in [1.165, 1.54) is 6.42 Å². The summed E-state index contributed by atoms with van der Waals surface area (Å²) in [5.74, 6) is -1.20. The maximum Gasteiger partial charge on any atom is 0.297 e. The minimum absolute atomic E-state index is 0.0845. The van der Waals surface area contributed by atoms with Crippen molar-refractivity contribution in [1.29, 1.82) is 0 Å². The lowest BCUT2D eigenvalue weighted by Gasteiger charge is -1.99. The number of hydrogen-bond acceptors (Lipinski definition) is 6. The highest BCUT2D eigenvalue weighted by atomic mass is 32.2. The Morgan fingerprint density at radius 1 is 1.24 bits per heavy atom. The largest absolute Gasteiger partial charge is 0.383 e. The van der Waals surface area contributed by atoms with Gasteiger partial charge in [0.15, 0.2) is 0 Å². The Kier molecular flexibility index (Phi) is 10.1. The molecule has 1 unspecified atom stereocenters. The van der Waals surface area contributed by atoms with E-state index in [-0.39, 0.29) is 12.2 Å². The van der Waals surface area contributed by atoms with E-state index in [2.05, 4.69) is 11.3 Å². The van der Waals surface area contributed by atoms with E-state index < -0.39 is 28.0 Å². The van der Waals surface area contributed by atoms with Crippen LogP contribution in [0.25, 0.3) is 0 Å². The maximum atomic E-state index is 11.3. The molecule has 21 heavy (non-hydrogen) atoms. The highest BCUT2D eigenvalue weighted by Crippen LogP contribution is 2.07. The van der Waals surface area contributed by atoms with Crippen molar-refractivity contribution in [3.63, 3.8) is 0 Å². The van der Waals surface area contributed by atoms with Crippen LogP contribution in [0.1, 0.15) is 51.9 Å². The van der Waals surface area contributed by atoms with Gasteiger partial charge in [0.05, 0.1) is 12.2 Å². The summed E-state index contributed by atoms with van der Waals surface area (Å²) in [4.78, 5) is 20.4. The van der Waals surface area contributed by atoms with Crippen LogP contribution >= 0.6 is 0 Å². The van der Waals surface area contributed by atoms with Gasteiger partial charge in [0.2, 0.25) is 5.91 Å². The molecule has 1 saturated heterocycles. The number of carbonyl (C=O) groups excluding carboxylic acids is 2. The Morgan fingerprint density at radius 2 is 1.81 bits per heavy atom. The SMILES string of the molecule is CCCCCCCCS(=O)(=O)OF.O=C1CC(O)C(=O)N1. The Balaban J connectivity index is 0.000000423. The van der Waals surface area contributed by atoms with E-state index in [1.54, 1.807) is 0 Å². The fourth-order valence-electron chi connectivity index (χ4n) is 1.63. The zero-order valence-electron chi connectivity index (χ0n) is 12.0. The summed E-state index contributed by atoms with van der Waals surface area (Å²) in [6.45, 7) is 2.11. The van der Waals surface area contributed by atoms with Crippen molar-refractivity contribution >= 4 is 21.9 Å². The highest BCUT2D eigenvalue weighted by Gasteiger charge is 2.27. The number of amides is 2.